The third-order valence-corrected chi connectivity index (χ3v) is 1.15. The number of nitrogen functional groups attached to an aromatic ring is 1. The summed E-state index contributed by atoms with van der Waals surface area (Å²) in [6.45, 7) is 0.645. The SMILES string of the molecule is CNCC#Cc1cnc(N)cn1. The molecule has 0 fully saturated rings. The summed E-state index contributed by atoms with van der Waals surface area (Å²) in [5, 5.41) is 2.90. The summed E-state index contributed by atoms with van der Waals surface area (Å²) in [4.78, 5) is 7.81. The van der Waals surface area contributed by atoms with Gasteiger partial charge in [0.25, 0.3) is 0 Å². The second-order valence-corrected chi connectivity index (χ2v) is 2.16. The Labute approximate surface area is 71.2 Å². The van der Waals surface area contributed by atoms with Gasteiger partial charge in [0.1, 0.15) is 11.5 Å². The molecule has 1 aromatic heterocycles. The van der Waals surface area contributed by atoms with Gasteiger partial charge in [0.05, 0.1) is 18.9 Å². The Morgan fingerprint density at radius 3 is 2.92 bits per heavy atom. The lowest BCUT2D eigenvalue weighted by atomic mass is 10.4. The Morgan fingerprint density at radius 1 is 1.50 bits per heavy atom. The molecule has 0 unspecified atom stereocenters. The molecule has 62 valence electrons. The lowest BCUT2D eigenvalue weighted by Crippen LogP contribution is -2.04. The van der Waals surface area contributed by atoms with Gasteiger partial charge in [0, 0.05) is 0 Å². The lowest BCUT2D eigenvalue weighted by molar-refractivity contribution is 0.938. The Morgan fingerprint density at radius 2 is 2.33 bits per heavy atom. The second-order valence-electron chi connectivity index (χ2n) is 2.16. The van der Waals surface area contributed by atoms with E-state index in [4.69, 9.17) is 5.73 Å². The Balaban J connectivity index is 2.66. The first-order valence-electron chi connectivity index (χ1n) is 3.54. The first-order chi connectivity index (χ1) is 5.83. The number of nitrogens with two attached hydrogens (primary N) is 1. The van der Waals surface area contributed by atoms with Crippen molar-refractivity contribution >= 4 is 5.82 Å². The standard InChI is InChI=1S/C8H10N4/c1-10-4-2-3-7-5-12-8(9)6-11-7/h5-6,10H,4H2,1H3,(H2,9,12). The van der Waals surface area contributed by atoms with Gasteiger partial charge in [0.15, 0.2) is 0 Å². The Bertz CT molecular complexity index is 293. The minimum atomic E-state index is 0.411. The molecule has 4 nitrogen and oxygen atoms in total. The summed E-state index contributed by atoms with van der Waals surface area (Å²) in [6.07, 6.45) is 3.04. The van der Waals surface area contributed by atoms with E-state index < -0.39 is 0 Å². The van der Waals surface area contributed by atoms with E-state index in [-0.39, 0.29) is 0 Å². The molecule has 4 heteroatoms. The van der Waals surface area contributed by atoms with Gasteiger partial charge in [-0.15, -0.1) is 0 Å². The average Bonchev–Trinajstić information content (AvgIpc) is 2.09. The largest absolute Gasteiger partial charge is 0.382 e. The van der Waals surface area contributed by atoms with E-state index in [1.165, 1.54) is 6.20 Å². The normalized spacial score (nSPS) is 8.75. The number of hydrogen-bond acceptors (Lipinski definition) is 4. The molecular weight excluding hydrogens is 152 g/mol. The fraction of sp³-hybridized carbons (Fsp3) is 0.250. The molecule has 0 radical (unpaired) electrons. The van der Waals surface area contributed by atoms with Gasteiger partial charge in [0.2, 0.25) is 0 Å². The molecule has 1 heterocycles. The van der Waals surface area contributed by atoms with Crippen LogP contribution in [0, 0.1) is 11.8 Å². The zero-order valence-electron chi connectivity index (χ0n) is 6.83. The molecule has 0 bridgehead atoms. The molecule has 1 aromatic rings. The summed E-state index contributed by atoms with van der Waals surface area (Å²) in [6, 6.07) is 0. The monoisotopic (exact) mass is 162 g/mol. The highest BCUT2D eigenvalue weighted by Crippen LogP contribution is 1.92. The van der Waals surface area contributed by atoms with Gasteiger partial charge in [-0.1, -0.05) is 5.92 Å². The van der Waals surface area contributed by atoms with Crippen LogP contribution in [0.25, 0.3) is 0 Å². The Kier molecular flexibility index (Phi) is 3.05. The molecule has 0 amide bonds. The molecule has 0 saturated carbocycles. The van der Waals surface area contributed by atoms with E-state index in [0.717, 1.165) is 0 Å². The van der Waals surface area contributed by atoms with E-state index in [2.05, 4.69) is 27.1 Å². The summed E-state index contributed by atoms with van der Waals surface area (Å²) in [5.41, 5.74) is 5.99. The summed E-state index contributed by atoms with van der Waals surface area (Å²) < 4.78 is 0. The molecule has 0 spiro atoms. The van der Waals surface area contributed by atoms with Crippen LogP contribution in [0.5, 0.6) is 0 Å². The summed E-state index contributed by atoms with van der Waals surface area (Å²) in [7, 11) is 1.84. The van der Waals surface area contributed by atoms with E-state index in [9.17, 15) is 0 Å². The molecule has 0 aliphatic rings. The molecule has 0 aliphatic heterocycles. The van der Waals surface area contributed by atoms with Crippen molar-refractivity contribution in [1.29, 1.82) is 0 Å². The number of nitrogens with one attached hydrogen (secondary N) is 1. The van der Waals surface area contributed by atoms with Gasteiger partial charge in [-0.3, -0.25) is 0 Å². The van der Waals surface area contributed by atoms with Crippen LogP contribution in [0.2, 0.25) is 0 Å². The van der Waals surface area contributed by atoms with Gasteiger partial charge >= 0.3 is 0 Å². The first kappa shape index (κ1) is 8.50. The molecule has 0 aromatic carbocycles. The van der Waals surface area contributed by atoms with Crippen LogP contribution in [0.1, 0.15) is 5.69 Å². The molecule has 0 aliphatic carbocycles. The van der Waals surface area contributed by atoms with Crippen LogP contribution < -0.4 is 11.1 Å². The van der Waals surface area contributed by atoms with Crippen molar-refractivity contribution in [1.82, 2.24) is 15.3 Å². The van der Waals surface area contributed by atoms with E-state index >= 15 is 0 Å². The molecule has 1 rings (SSSR count). The minimum absolute atomic E-state index is 0.411. The predicted molar refractivity (Wildman–Crippen MR) is 47.2 cm³/mol. The number of hydrogen-bond donors (Lipinski definition) is 2. The van der Waals surface area contributed by atoms with Crippen LogP contribution >= 0.6 is 0 Å². The maximum Gasteiger partial charge on any atom is 0.141 e. The Hall–Kier alpha value is -1.60. The average molecular weight is 162 g/mol. The molecular formula is C8H10N4. The van der Waals surface area contributed by atoms with Gasteiger partial charge in [-0.2, -0.15) is 0 Å². The van der Waals surface area contributed by atoms with Crippen molar-refractivity contribution in [3.63, 3.8) is 0 Å². The van der Waals surface area contributed by atoms with Crippen LogP contribution in [-0.2, 0) is 0 Å². The van der Waals surface area contributed by atoms with Crippen LogP contribution in [-0.4, -0.2) is 23.6 Å². The fourth-order valence-electron chi connectivity index (χ4n) is 0.626. The molecule has 0 atom stereocenters. The number of rotatable bonds is 1. The van der Waals surface area contributed by atoms with Gasteiger partial charge in [-0.25, -0.2) is 9.97 Å². The van der Waals surface area contributed by atoms with Crippen molar-refractivity contribution in [3.05, 3.63) is 18.1 Å². The highest BCUT2D eigenvalue weighted by Gasteiger charge is 1.87. The first-order valence-corrected chi connectivity index (χ1v) is 3.54. The smallest absolute Gasteiger partial charge is 0.141 e. The number of aromatic nitrogens is 2. The predicted octanol–water partition coefficient (Wildman–Crippen LogP) is -0.370. The topological polar surface area (TPSA) is 63.8 Å². The second kappa shape index (κ2) is 4.31. The zero-order chi connectivity index (χ0) is 8.81. The van der Waals surface area contributed by atoms with Crippen LogP contribution in [0.15, 0.2) is 12.4 Å². The van der Waals surface area contributed by atoms with E-state index in [1.807, 2.05) is 7.05 Å². The minimum Gasteiger partial charge on any atom is -0.382 e. The molecule has 12 heavy (non-hydrogen) atoms. The third kappa shape index (κ3) is 2.56. The van der Waals surface area contributed by atoms with Crippen molar-refractivity contribution in [2.45, 2.75) is 0 Å². The van der Waals surface area contributed by atoms with Crippen LogP contribution in [0.3, 0.4) is 0 Å². The van der Waals surface area contributed by atoms with E-state index in [1.54, 1.807) is 6.20 Å². The van der Waals surface area contributed by atoms with E-state index in [0.29, 0.717) is 18.1 Å². The summed E-state index contributed by atoms with van der Waals surface area (Å²) >= 11 is 0. The summed E-state index contributed by atoms with van der Waals surface area (Å²) in [5.74, 6) is 6.11. The van der Waals surface area contributed by atoms with Crippen molar-refractivity contribution in [2.24, 2.45) is 0 Å². The van der Waals surface area contributed by atoms with Crippen molar-refractivity contribution in [2.75, 3.05) is 19.3 Å². The highest BCUT2D eigenvalue weighted by atomic mass is 14.9. The fourth-order valence-corrected chi connectivity index (χ4v) is 0.626. The zero-order valence-corrected chi connectivity index (χ0v) is 6.83. The number of anilines is 1. The van der Waals surface area contributed by atoms with Gasteiger partial charge in [-0.05, 0) is 13.0 Å². The van der Waals surface area contributed by atoms with Crippen LogP contribution in [0.4, 0.5) is 5.82 Å². The van der Waals surface area contributed by atoms with Gasteiger partial charge < -0.3 is 11.1 Å². The molecule has 3 N–H and O–H groups in total. The lowest BCUT2D eigenvalue weighted by Gasteiger charge is -1.89. The highest BCUT2D eigenvalue weighted by molar-refractivity contribution is 5.30. The quantitative estimate of drug-likeness (QED) is 0.553. The number of nitrogens with zero attached hydrogens (tertiary/aromatic N) is 2. The third-order valence-electron chi connectivity index (χ3n) is 1.15. The van der Waals surface area contributed by atoms with Crippen molar-refractivity contribution in [3.8, 4) is 11.8 Å². The maximum atomic E-state index is 5.35. The maximum absolute atomic E-state index is 5.35. The van der Waals surface area contributed by atoms with Crippen molar-refractivity contribution < 1.29 is 0 Å². The molecule has 0 saturated heterocycles.